The molecule has 0 atom stereocenters. The van der Waals surface area contributed by atoms with Gasteiger partial charge in [-0.15, -0.1) is 0 Å². The Morgan fingerprint density at radius 1 is 1.25 bits per heavy atom. The van der Waals surface area contributed by atoms with Gasteiger partial charge in [0.2, 0.25) is 0 Å². The Bertz CT molecular complexity index is 82.6. The van der Waals surface area contributed by atoms with E-state index in [1.165, 1.54) is 0 Å². The van der Waals surface area contributed by atoms with E-state index in [1.807, 2.05) is 27.7 Å². The van der Waals surface area contributed by atoms with Gasteiger partial charge >= 0.3 is 0 Å². The van der Waals surface area contributed by atoms with Crippen molar-refractivity contribution in [1.29, 1.82) is 0 Å². The maximum Gasteiger partial charge on any atom is 0.0670 e. The van der Waals surface area contributed by atoms with Crippen LogP contribution in [0.25, 0.3) is 0 Å². The van der Waals surface area contributed by atoms with Crippen molar-refractivity contribution in [3.05, 3.63) is 0 Å². The third kappa shape index (κ3) is 5.52. The van der Waals surface area contributed by atoms with Gasteiger partial charge in [-0.1, -0.05) is 27.7 Å². The van der Waals surface area contributed by atoms with E-state index in [1.54, 1.807) is 0 Å². The number of ether oxygens (including phenoxy) is 1. The highest BCUT2D eigenvalue weighted by atomic mass is 16.5. The van der Waals surface area contributed by atoms with Crippen LogP contribution in [-0.4, -0.2) is 30.5 Å². The highest BCUT2D eigenvalue weighted by Gasteiger charge is 2.32. The summed E-state index contributed by atoms with van der Waals surface area (Å²) in [6, 6.07) is 0. The van der Waals surface area contributed by atoms with Crippen molar-refractivity contribution in [1.82, 2.24) is 0 Å². The fourth-order valence-corrected chi connectivity index (χ4v) is 0.731. The monoisotopic (exact) mass is 177 g/mol. The molecule has 76 valence electrons. The molecule has 1 fully saturated rings. The molecule has 3 N–H and O–H groups in total. The topological polar surface area (TPSA) is 55.5 Å². The summed E-state index contributed by atoms with van der Waals surface area (Å²) < 4.78 is 4.85. The van der Waals surface area contributed by atoms with Crippen molar-refractivity contribution in [3.8, 4) is 0 Å². The second-order valence-corrected chi connectivity index (χ2v) is 2.33. The van der Waals surface area contributed by atoms with Crippen molar-refractivity contribution in [2.45, 2.75) is 39.7 Å². The van der Waals surface area contributed by atoms with Crippen LogP contribution in [-0.2, 0) is 4.74 Å². The summed E-state index contributed by atoms with van der Waals surface area (Å²) in [7, 11) is 0. The predicted octanol–water partition coefficient (Wildman–Crippen LogP) is 1.15. The van der Waals surface area contributed by atoms with Crippen molar-refractivity contribution < 1.29 is 9.84 Å². The molecular formula is C9H23NO2. The Hall–Kier alpha value is -0.120. The second kappa shape index (κ2) is 8.97. The normalized spacial score (nSPS) is 17.5. The highest BCUT2D eigenvalue weighted by Crippen LogP contribution is 2.16. The molecule has 1 heterocycles. The average molecular weight is 177 g/mol. The van der Waals surface area contributed by atoms with Crippen LogP contribution < -0.4 is 5.73 Å². The predicted molar refractivity (Wildman–Crippen MR) is 52.1 cm³/mol. The van der Waals surface area contributed by atoms with E-state index in [0.717, 1.165) is 0 Å². The third-order valence-electron chi connectivity index (χ3n) is 1.39. The van der Waals surface area contributed by atoms with Crippen molar-refractivity contribution >= 4 is 0 Å². The molecule has 12 heavy (non-hydrogen) atoms. The quantitative estimate of drug-likeness (QED) is 0.665. The maximum atomic E-state index is 8.43. The van der Waals surface area contributed by atoms with Crippen LogP contribution in [0.1, 0.15) is 34.1 Å². The molecule has 0 radical (unpaired) electrons. The van der Waals surface area contributed by atoms with Crippen LogP contribution in [0.5, 0.6) is 0 Å². The van der Waals surface area contributed by atoms with Gasteiger partial charge in [0, 0.05) is 6.61 Å². The van der Waals surface area contributed by atoms with Gasteiger partial charge in [0.1, 0.15) is 0 Å². The molecule has 3 heteroatoms. The smallest absolute Gasteiger partial charge is 0.0670 e. The maximum absolute atomic E-state index is 8.43. The Morgan fingerprint density at radius 2 is 1.67 bits per heavy atom. The van der Waals surface area contributed by atoms with E-state index in [9.17, 15) is 0 Å². The zero-order valence-electron chi connectivity index (χ0n) is 8.76. The van der Waals surface area contributed by atoms with Crippen LogP contribution in [0.15, 0.2) is 0 Å². The first-order valence-corrected chi connectivity index (χ1v) is 4.74. The zero-order chi connectivity index (χ0) is 10.0. The van der Waals surface area contributed by atoms with Crippen LogP contribution >= 0.6 is 0 Å². The first-order valence-electron chi connectivity index (χ1n) is 4.74. The summed E-state index contributed by atoms with van der Waals surface area (Å²) >= 11 is 0. The van der Waals surface area contributed by atoms with E-state index in [-0.39, 0.29) is 12.1 Å². The Morgan fingerprint density at radius 3 is 1.75 bits per heavy atom. The molecule has 0 aliphatic carbocycles. The van der Waals surface area contributed by atoms with Crippen LogP contribution in [0.3, 0.4) is 0 Å². The summed E-state index contributed by atoms with van der Waals surface area (Å²) in [6.45, 7) is 9.38. The molecule has 0 bridgehead atoms. The number of hydrogen-bond donors (Lipinski definition) is 2. The molecule has 0 aromatic rings. The number of rotatable bonds is 2. The first-order chi connectivity index (χ1) is 5.77. The van der Waals surface area contributed by atoms with Gasteiger partial charge in [-0.2, -0.15) is 0 Å². The van der Waals surface area contributed by atoms with Gasteiger partial charge in [0.25, 0.3) is 0 Å². The van der Waals surface area contributed by atoms with Crippen LogP contribution in [0.2, 0.25) is 0 Å². The molecule has 0 unspecified atom stereocenters. The van der Waals surface area contributed by atoms with Crippen LogP contribution in [0.4, 0.5) is 0 Å². The molecule has 0 amide bonds. The molecule has 1 aliphatic heterocycles. The van der Waals surface area contributed by atoms with Crippen molar-refractivity contribution in [3.63, 3.8) is 0 Å². The lowest BCUT2D eigenvalue weighted by Gasteiger charge is -2.37. The lowest BCUT2D eigenvalue weighted by Crippen LogP contribution is -2.57. The number of nitrogens with two attached hydrogens (primary N) is 1. The Labute approximate surface area is 75.9 Å². The Kier molecular flexibility index (Phi) is 10.8. The molecule has 1 rings (SSSR count). The summed E-state index contributed by atoms with van der Waals surface area (Å²) in [6.07, 6.45) is 0.660. The lowest BCUT2D eigenvalue weighted by molar-refractivity contribution is -0.0628. The fraction of sp³-hybridized carbons (Fsp3) is 1.00. The summed E-state index contributed by atoms with van der Waals surface area (Å²) in [5.41, 5.74) is 5.43. The lowest BCUT2D eigenvalue weighted by atomic mass is 9.95. The average Bonchev–Trinajstić information content (AvgIpc) is 2.10. The summed E-state index contributed by atoms with van der Waals surface area (Å²) in [4.78, 5) is 0. The van der Waals surface area contributed by atoms with Gasteiger partial charge in [0.05, 0.1) is 18.8 Å². The Balaban J connectivity index is 0. The number of aliphatic hydroxyl groups is 1. The molecule has 0 saturated carbocycles. The standard InChI is InChI=1S/C5H11NO2.2C2H6/c6-5(1-2-7)3-8-4-5;2*1-2/h7H,1-4,6H2;2*1-2H3. The molecule has 3 nitrogen and oxygen atoms in total. The van der Waals surface area contributed by atoms with Crippen LogP contribution in [0, 0.1) is 0 Å². The highest BCUT2D eigenvalue weighted by molar-refractivity contribution is 4.89. The number of aliphatic hydroxyl groups excluding tert-OH is 1. The van der Waals surface area contributed by atoms with E-state index in [0.29, 0.717) is 19.6 Å². The summed E-state index contributed by atoms with van der Waals surface area (Å²) in [5, 5.41) is 8.43. The molecular weight excluding hydrogens is 154 g/mol. The minimum atomic E-state index is -0.200. The largest absolute Gasteiger partial charge is 0.396 e. The van der Waals surface area contributed by atoms with Gasteiger partial charge in [-0.05, 0) is 6.42 Å². The van der Waals surface area contributed by atoms with Crippen molar-refractivity contribution in [2.24, 2.45) is 5.73 Å². The van der Waals surface area contributed by atoms with E-state index >= 15 is 0 Å². The molecule has 1 aliphatic rings. The zero-order valence-corrected chi connectivity index (χ0v) is 8.76. The minimum absolute atomic E-state index is 0.167. The molecule has 0 aromatic heterocycles. The van der Waals surface area contributed by atoms with E-state index in [2.05, 4.69) is 0 Å². The minimum Gasteiger partial charge on any atom is -0.396 e. The third-order valence-corrected chi connectivity index (χ3v) is 1.39. The first kappa shape index (κ1) is 14.4. The van der Waals surface area contributed by atoms with Gasteiger partial charge in [-0.3, -0.25) is 0 Å². The van der Waals surface area contributed by atoms with Gasteiger partial charge in [0.15, 0.2) is 0 Å². The summed E-state index contributed by atoms with van der Waals surface area (Å²) in [5.74, 6) is 0. The van der Waals surface area contributed by atoms with E-state index in [4.69, 9.17) is 15.6 Å². The fourth-order valence-electron chi connectivity index (χ4n) is 0.731. The van der Waals surface area contributed by atoms with Gasteiger partial charge in [-0.25, -0.2) is 0 Å². The molecule has 0 spiro atoms. The second-order valence-electron chi connectivity index (χ2n) is 2.33. The number of hydrogen-bond acceptors (Lipinski definition) is 3. The van der Waals surface area contributed by atoms with E-state index < -0.39 is 0 Å². The van der Waals surface area contributed by atoms with Crippen molar-refractivity contribution in [2.75, 3.05) is 19.8 Å². The molecule has 1 saturated heterocycles. The molecule has 0 aromatic carbocycles. The SMILES string of the molecule is CC.CC.NC1(CCO)COC1. The van der Waals surface area contributed by atoms with Gasteiger partial charge < -0.3 is 15.6 Å².